The lowest BCUT2D eigenvalue weighted by molar-refractivity contribution is 0.712. The minimum atomic E-state index is 0.765. The van der Waals surface area contributed by atoms with Crippen LogP contribution in [-0.2, 0) is 6.54 Å². The third-order valence-electron chi connectivity index (χ3n) is 3.75. The van der Waals surface area contributed by atoms with Gasteiger partial charge in [0.25, 0.3) is 0 Å². The molecule has 6 heteroatoms. The number of anilines is 2. The molecule has 2 aromatic carbocycles. The maximum absolute atomic E-state index is 4.52. The van der Waals surface area contributed by atoms with Gasteiger partial charge in [-0.05, 0) is 46.4 Å². The summed E-state index contributed by atoms with van der Waals surface area (Å²) in [5.74, 6) is 0.807. The molecule has 0 amide bonds. The first-order valence-corrected chi connectivity index (χ1v) is 8.59. The zero-order valence-corrected chi connectivity index (χ0v) is 14.9. The van der Waals surface area contributed by atoms with E-state index in [1.54, 1.807) is 12.5 Å². The van der Waals surface area contributed by atoms with E-state index in [0.29, 0.717) is 0 Å². The zero-order valence-electron chi connectivity index (χ0n) is 12.7. The maximum atomic E-state index is 4.52. The quantitative estimate of drug-likeness (QED) is 0.496. The van der Waals surface area contributed by atoms with Gasteiger partial charge in [-0.25, -0.2) is 9.97 Å². The average molecular weight is 427 g/mol. The summed E-state index contributed by atoms with van der Waals surface area (Å²) in [6.45, 7) is 0.765. The summed E-state index contributed by atoms with van der Waals surface area (Å²) in [6, 6.07) is 16.6. The van der Waals surface area contributed by atoms with Crippen LogP contribution in [-0.4, -0.2) is 19.7 Å². The van der Waals surface area contributed by atoms with Gasteiger partial charge in [-0.1, -0.05) is 30.3 Å². The van der Waals surface area contributed by atoms with Gasteiger partial charge < -0.3 is 5.32 Å². The Hall–Kier alpha value is -2.48. The molecule has 0 radical (unpaired) electrons. The predicted octanol–water partition coefficient (Wildman–Crippen LogP) is 4.22. The monoisotopic (exact) mass is 427 g/mol. The molecule has 0 bridgehead atoms. The van der Waals surface area contributed by atoms with Crippen molar-refractivity contribution >= 4 is 45.0 Å². The summed E-state index contributed by atoms with van der Waals surface area (Å²) in [5, 5.41) is 8.94. The lowest BCUT2D eigenvalue weighted by atomic mass is 10.2. The Morgan fingerprint density at radius 3 is 2.75 bits per heavy atom. The summed E-state index contributed by atoms with van der Waals surface area (Å²) >= 11 is 2.22. The van der Waals surface area contributed by atoms with E-state index in [-0.39, 0.29) is 0 Å². The summed E-state index contributed by atoms with van der Waals surface area (Å²) < 4.78 is 3.00. The molecule has 4 aromatic rings. The standard InChI is InChI=1S/C18H14IN5/c19-16-10-20-12-21-18(16)23-15-6-7-17-14(8-15)9-22-24(17)11-13-4-2-1-3-5-13/h1-10,12H,11H2,(H,20,21,23). The number of fused-ring (bicyclic) bond motifs is 1. The van der Waals surface area contributed by atoms with E-state index in [1.165, 1.54) is 5.56 Å². The van der Waals surface area contributed by atoms with Crippen molar-refractivity contribution in [2.75, 3.05) is 5.32 Å². The minimum Gasteiger partial charge on any atom is -0.339 e. The van der Waals surface area contributed by atoms with Gasteiger partial charge in [0.1, 0.15) is 12.1 Å². The molecule has 1 N–H and O–H groups in total. The highest BCUT2D eigenvalue weighted by molar-refractivity contribution is 14.1. The Balaban J connectivity index is 1.62. The number of hydrogen-bond acceptors (Lipinski definition) is 4. The zero-order chi connectivity index (χ0) is 16.4. The van der Waals surface area contributed by atoms with Gasteiger partial charge >= 0.3 is 0 Å². The molecule has 2 heterocycles. The van der Waals surface area contributed by atoms with Gasteiger partial charge in [-0.3, -0.25) is 4.68 Å². The Kier molecular flexibility index (Phi) is 4.12. The fourth-order valence-corrected chi connectivity index (χ4v) is 3.02. The van der Waals surface area contributed by atoms with Crippen molar-refractivity contribution in [1.82, 2.24) is 19.7 Å². The number of halogens is 1. The van der Waals surface area contributed by atoms with Gasteiger partial charge in [0.05, 0.1) is 21.8 Å². The predicted molar refractivity (Wildman–Crippen MR) is 103 cm³/mol. The summed E-state index contributed by atoms with van der Waals surface area (Å²) in [5.41, 5.74) is 3.33. The van der Waals surface area contributed by atoms with Crippen LogP contribution in [0.2, 0.25) is 0 Å². The lowest BCUT2D eigenvalue weighted by Crippen LogP contribution is -2.01. The number of nitrogens with one attached hydrogen (secondary N) is 1. The van der Waals surface area contributed by atoms with Crippen molar-refractivity contribution in [1.29, 1.82) is 0 Å². The summed E-state index contributed by atoms with van der Waals surface area (Å²) in [6.07, 6.45) is 5.22. The van der Waals surface area contributed by atoms with Crippen LogP contribution in [0.15, 0.2) is 67.3 Å². The second kappa shape index (κ2) is 6.56. The molecule has 0 unspecified atom stereocenters. The summed E-state index contributed by atoms with van der Waals surface area (Å²) in [7, 11) is 0. The molecule has 0 spiro atoms. The van der Waals surface area contributed by atoms with E-state index >= 15 is 0 Å². The molecule has 0 fully saturated rings. The van der Waals surface area contributed by atoms with Gasteiger partial charge in [-0.2, -0.15) is 5.10 Å². The SMILES string of the molecule is Ic1cncnc1Nc1ccc2c(cnn2Cc2ccccc2)c1. The first-order valence-electron chi connectivity index (χ1n) is 7.51. The van der Waals surface area contributed by atoms with Crippen molar-refractivity contribution in [2.45, 2.75) is 6.54 Å². The first-order chi connectivity index (χ1) is 11.8. The van der Waals surface area contributed by atoms with Crippen LogP contribution >= 0.6 is 22.6 Å². The van der Waals surface area contributed by atoms with Crippen molar-refractivity contribution in [3.05, 3.63) is 76.4 Å². The molecule has 24 heavy (non-hydrogen) atoms. The molecule has 5 nitrogen and oxygen atoms in total. The molecule has 118 valence electrons. The summed E-state index contributed by atoms with van der Waals surface area (Å²) in [4.78, 5) is 8.27. The van der Waals surface area contributed by atoms with Crippen LogP contribution < -0.4 is 5.32 Å². The third kappa shape index (κ3) is 3.09. The van der Waals surface area contributed by atoms with Gasteiger partial charge in [0.15, 0.2) is 0 Å². The molecule has 0 aliphatic rings. The van der Waals surface area contributed by atoms with Crippen molar-refractivity contribution in [2.24, 2.45) is 0 Å². The number of aromatic nitrogens is 4. The fraction of sp³-hybridized carbons (Fsp3) is 0.0556. The number of rotatable bonds is 4. The Bertz CT molecular complexity index is 981. The van der Waals surface area contributed by atoms with Crippen LogP contribution in [0.25, 0.3) is 10.9 Å². The Morgan fingerprint density at radius 1 is 1.04 bits per heavy atom. The van der Waals surface area contributed by atoms with Crippen molar-refractivity contribution in [3.63, 3.8) is 0 Å². The molecule has 0 saturated heterocycles. The average Bonchev–Trinajstić information content (AvgIpc) is 3.00. The molecular formula is C18H14IN5. The maximum Gasteiger partial charge on any atom is 0.147 e. The Labute approximate surface area is 152 Å². The van der Waals surface area contributed by atoms with Crippen molar-refractivity contribution in [3.8, 4) is 0 Å². The van der Waals surface area contributed by atoms with Gasteiger partial charge in [0, 0.05) is 17.3 Å². The highest BCUT2D eigenvalue weighted by atomic mass is 127. The van der Waals surface area contributed by atoms with Gasteiger partial charge in [-0.15, -0.1) is 0 Å². The van der Waals surface area contributed by atoms with Crippen LogP contribution in [0.3, 0.4) is 0 Å². The van der Waals surface area contributed by atoms with Crippen molar-refractivity contribution < 1.29 is 0 Å². The molecule has 0 atom stereocenters. The Morgan fingerprint density at radius 2 is 1.92 bits per heavy atom. The van der Waals surface area contributed by atoms with E-state index in [1.807, 2.05) is 35.1 Å². The molecule has 4 rings (SSSR count). The number of hydrogen-bond donors (Lipinski definition) is 1. The van der Waals surface area contributed by atoms with Crippen LogP contribution in [0.5, 0.6) is 0 Å². The number of nitrogens with zero attached hydrogens (tertiary/aromatic N) is 4. The third-order valence-corrected chi connectivity index (χ3v) is 4.54. The van der Waals surface area contributed by atoms with E-state index in [4.69, 9.17) is 0 Å². The van der Waals surface area contributed by atoms with E-state index in [9.17, 15) is 0 Å². The molecular weight excluding hydrogens is 413 g/mol. The van der Waals surface area contributed by atoms with E-state index < -0.39 is 0 Å². The lowest BCUT2D eigenvalue weighted by Gasteiger charge is -2.08. The van der Waals surface area contributed by atoms with E-state index in [0.717, 1.165) is 32.5 Å². The first kappa shape index (κ1) is 15.1. The molecule has 2 aromatic heterocycles. The largest absolute Gasteiger partial charge is 0.339 e. The molecule has 0 saturated carbocycles. The van der Waals surface area contributed by atoms with Crippen LogP contribution in [0.1, 0.15) is 5.56 Å². The van der Waals surface area contributed by atoms with Crippen LogP contribution in [0.4, 0.5) is 11.5 Å². The minimum absolute atomic E-state index is 0.765. The highest BCUT2D eigenvalue weighted by Gasteiger charge is 2.06. The molecule has 0 aliphatic heterocycles. The number of benzene rings is 2. The molecule has 0 aliphatic carbocycles. The second-order valence-corrected chi connectivity index (χ2v) is 6.57. The second-order valence-electron chi connectivity index (χ2n) is 5.41. The van der Waals surface area contributed by atoms with E-state index in [2.05, 4.69) is 67.2 Å². The smallest absolute Gasteiger partial charge is 0.147 e. The normalized spacial score (nSPS) is 10.9. The highest BCUT2D eigenvalue weighted by Crippen LogP contribution is 2.24. The van der Waals surface area contributed by atoms with Gasteiger partial charge in [0.2, 0.25) is 0 Å². The van der Waals surface area contributed by atoms with Crippen LogP contribution in [0, 0.1) is 3.57 Å². The topological polar surface area (TPSA) is 55.6 Å². The fourth-order valence-electron chi connectivity index (χ4n) is 2.59.